The SMILES string of the molecule is Cc1sc(SC(C)(C)C(=O)O)nc1CCNc1ncc(-c2ccc(C(F)(F)F)cc2)cn1. The molecule has 0 atom stereocenters. The Morgan fingerprint density at radius 1 is 1.12 bits per heavy atom. The lowest BCUT2D eigenvalue weighted by Crippen LogP contribution is -2.26. The van der Waals surface area contributed by atoms with E-state index in [2.05, 4.69) is 20.3 Å². The topological polar surface area (TPSA) is 88.0 Å². The highest BCUT2D eigenvalue weighted by atomic mass is 32.2. The summed E-state index contributed by atoms with van der Waals surface area (Å²) < 4.78 is 37.8. The van der Waals surface area contributed by atoms with E-state index in [1.165, 1.54) is 35.2 Å². The van der Waals surface area contributed by atoms with E-state index in [1.54, 1.807) is 26.2 Å². The van der Waals surface area contributed by atoms with Gasteiger partial charge < -0.3 is 10.4 Å². The van der Waals surface area contributed by atoms with E-state index in [9.17, 15) is 23.1 Å². The van der Waals surface area contributed by atoms with Gasteiger partial charge in [-0.1, -0.05) is 23.9 Å². The molecule has 0 aliphatic carbocycles. The van der Waals surface area contributed by atoms with Crippen molar-refractivity contribution in [3.05, 3.63) is 52.8 Å². The molecule has 3 rings (SSSR count). The Hall–Kier alpha value is -2.66. The zero-order chi connectivity index (χ0) is 23.5. The van der Waals surface area contributed by atoms with Gasteiger partial charge in [0.2, 0.25) is 5.95 Å². The standard InChI is InChI=1S/C21H21F3N4O2S2/c1-12-16(28-19(31-12)32-20(2,3)17(29)30)8-9-25-18-26-10-14(11-27-18)13-4-6-15(7-5-13)21(22,23)24/h4-7,10-11H,8-9H2,1-3H3,(H,29,30)(H,25,26,27). The van der Waals surface area contributed by atoms with Gasteiger partial charge in [0.15, 0.2) is 4.34 Å². The number of nitrogens with one attached hydrogen (secondary N) is 1. The van der Waals surface area contributed by atoms with Gasteiger partial charge in [-0.05, 0) is 38.5 Å². The highest BCUT2D eigenvalue weighted by molar-refractivity contribution is 8.03. The molecule has 0 saturated carbocycles. The molecule has 3 aromatic rings. The lowest BCUT2D eigenvalue weighted by atomic mass is 10.1. The Morgan fingerprint density at radius 3 is 2.31 bits per heavy atom. The van der Waals surface area contributed by atoms with Crippen molar-refractivity contribution in [2.45, 2.75) is 42.5 Å². The Kier molecular flexibility index (Phi) is 7.09. The van der Waals surface area contributed by atoms with E-state index in [4.69, 9.17) is 0 Å². The predicted octanol–water partition coefficient (Wildman–Crippen LogP) is 5.54. The first-order valence-corrected chi connectivity index (χ1v) is 11.2. The smallest absolute Gasteiger partial charge is 0.416 e. The van der Waals surface area contributed by atoms with Crippen LogP contribution in [0.2, 0.25) is 0 Å². The van der Waals surface area contributed by atoms with Crippen molar-refractivity contribution in [2.75, 3.05) is 11.9 Å². The molecule has 0 bridgehead atoms. The number of anilines is 1. The number of thioether (sulfide) groups is 1. The van der Waals surface area contributed by atoms with Crippen LogP contribution in [-0.2, 0) is 17.4 Å². The van der Waals surface area contributed by atoms with E-state index in [-0.39, 0.29) is 0 Å². The molecule has 2 aromatic heterocycles. The summed E-state index contributed by atoms with van der Waals surface area (Å²) in [6.07, 6.45) is -0.658. The van der Waals surface area contributed by atoms with E-state index >= 15 is 0 Å². The van der Waals surface area contributed by atoms with Crippen molar-refractivity contribution in [1.29, 1.82) is 0 Å². The number of aryl methyl sites for hydroxylation is 1. The summed E-state index contributed by atoms with van der Waals surface area (Å²) in [5.41, 5.74) is 1.39. The summed E-state index contributed by atoms with van der Waals surface area (Å²) >= 11 is 2.69. The molecule has 0 fully saturated rings. The maximum absolute atomic E-state index is 12.7. The number of thiazole rings is 1. The molecule has 6 nitrogen and oxygen atoms in total. The number of carbonyl (C=O) groups is 1. The monoisotopic (exact) mass is 482 g/mol. The zero-order valence-corrected chi connectivity index (χ0v) is 19.2. The third-order valence-corrected chi connectivity index (χ3v) is 6.83. The number of nitrogens with zero attached hydrogens (tertiary/aromatic N) is 3. The summed E-state index contributed by atoms with van der Waals surface area (Å²) in [5.74, 6) is -0.495. The van der Waals surface area contributed by atoms with Gasteiger partial charge in [-0.15, -0.1) is 11.3 Å². The van der Waals surface area contributed by atoms with Gasteiger partial charge in [-0.3, -0.25) is 4.79 Å². The number of aromatic nitrogens is 3. The first kappa shape index (κ1) is 24.0. The maximum atomic E-state index is 12.7. The van der Waals surface area contributed by atoms with Crippen molar-refractivity contribution < 1.29 is 23.1 Å². The van der Waals surface area contributed by atoms with Crippen LogP contribution in [0.15, 0.2) is 41.0 Å². The Bertz CT molecular complexity index is 1080. The van der Waals surface area contributed by atoms with Crippen LogP contribution in [0, 0.1) is 6.92 Å². The van der Waals surface area contributed by atoms with Gasteiger partial charge in [0.05, 0.1) is 11.3 Å². The van der Waals surface area contributed by atoms with E-state index in [1.807, 2.05) is 6.92 Å². The molecular formula is C21H21F3N4O2S2. The zero-order valence-electron chi connectivity index (χ0n) is 17.5. The van der Waals surface area contributed by atoms with Gasteiger partial charge >= 0.3 is 12.1 Å². The first-order valence-electron chi connectivity index (χ1n) is 9.58. The highest BCUT2D eigenvalue weighted by Crippen LogP contribution is 2.36. The third kappa shape index (κ3) is 5.98. The van der Waals surface area contributed by atoms with Crippen LogP contribution < -0.4 is 5.32 Å². The Balaban J connectivity index is 1.57. The summed E-state index contributed by atoms with van der Waals surface area (Å²) in [6, 6.07) is 4.84. The molecule has 0 spiro atoms. The summed E-state index contributed by atoms with van der Waals surface area (Å²) in [7, 11) is 0. The molecule has 11 heteroatoms. The quantitative estimate of drug-likeness (QED) is 0.408. The molecule has 32 heavy (non-hydrogen) atoms. The molecule has 2 heterocycles. The average molecular weight is 483 g/mol. The second kappa shape index (κ2) is 9.45. The van der Waals surface area contributed by atoms with Gasteiger partial charge in [-0.25, -0.2) is 15.0 Å². The van der Waals surface area contributed by atoms with Crippen molar-refractivity contribution in [3.8, 4) is 11.1 Å². The minimum atomic E-state index is -4.37. The van der Waals surface area contributed by atoms with Gasteiger partial charge in [0, 0.05) is 35.8 Å². The number of hydrogen-bond acceptors (Lipinski definition) is 7. The predicted molar refractivity (Wildman–Crippen MR) is 119 cm³/mol. The number of carboxylic acid groups (broad SMARTS) is 1. The molecule has 0 aliphatic heterocycles. The van der Waals surface area contributed by atoms with Crippen molar-refractivity contribution in [1.82, 2.24) is 15.0 Å². The van der Waals surface area contributed by atoms with E-state index in [0.29, 0.717) is 34.4 Å². The van der Waals surface area contributed by atoms with E-state index in [0.717, 1.165) is 22.7 Å². The third-order valence-electron chi connectivity index (χ3n) is 4.57. The number of rotatable bonds is 8. The second-order valence-corrected chi connectivity index (χ2v) is 10.5. The number of carboxylic acids is 1. The minimum Gasteiger partial charge on any atom is -0.480 e. The number of hydrogen-bond donors (Lipinski definition) is 2. The van der Waals surface area contributed by atoms with Crippen molar-refractivity contribution in [3.63, 3.8) is 0 Å². The maximum Gasteiger partial charge on any atom is 0.416 e. The molecule has 1 aromatic carbocycles. The van der Waals surface area contributed by atoms with Crippen LogP contribution in [0.4, 0.5) is 19.1 Å². The van der Waals surface area contributed by atoms with Crippen LogP contribution in [-0.4, -0.2) is 37.3 Å². The Labute approximate surface area is 191 Å². The van der Waals surface area contributed by atoms with Crippen molar-refractivity contribution >= 4 is 35.0 Å². The fourth-order valence-corrected chi connectivity index (χ4v) is 5.18. The molecular weight excluding hydrogens is 461 g/mol. The van der Waals surface area contributed by atoms with Crippen LogP contribution in [0.3, 0.4) is 0 Å². The van der Waals surface area contributed by atoms with Crippen LogP contribution >= 0.6 is 23.1 Å². The Morgan fingerprint density at radius 2 is 1.75 bits per heavy atom. The molecule has 0 radical (unpaired) electrons. The molecule has 0 amide bonds. The molecule has 0 unspecified atom stereocenters. The highest BCUT2D eigenvalue weighted by Gasteiger charge is 2.31. The fraction of sp³-hybridized carbons (Fsp3) is 0.333. The minimum absolute atomic E-state index is 0.398. The molecule has 0 saturated heterocycles. The number of benzene rings is 1. The number of alkyl halides is 3. The van der Waals surface area contributed by atoms with E-state index < -0.39 is 22.5 Å². The molecule has 0 aliphatic rings. The number of halogens is 3. The summed E-state index contributed by atoms with van der Waals surface area (Å²) in [6.45, 7) is 5.75. The normalized spacial score (nSPS) is 12.1. The second-order valence-electron chi connectivity index (χ2n) is 7.45. The van der Waals surface area contributed by atoms with Crippen LogP contribution in [0.5, 0.6) is 0 Å². The summed E-state index contributed by atoms with van der Waals surface area (Å²) in [5, 5.41) is 12.4. The van der Waals surface area contributed by atoms with Crippen LogP contribution in [0.25, 0.3) is 11.1 Å². The largest absolute Gasteiger partial charge is 0.480 e. The van der Waals surface area contributed by atoms with Gasteiger partial charge in [-0.2, -0.15) is 13.2 Å². The van der Waals surface area contributed by atoms with Gasteiger partial charge in [0.25, 0.3) is 0 Å². The number of aliphatic carboxylic acids is 1. The van der Waals surface area contributed by atoms with Crippen molar-refractivity contribution in [2.24, 2.45) is 0 Å². The lowest BCUT2D eigenvalue weighted by molar-refractivity contribution is -0.139. The lowest BCUT2D eigenvalue weighted by Gasteiger charge is -2.15. The first-order chi connectivity index (χ1) is 15.0. The molecule has 2 N–H and O–H groups in total. The molecule has 170 valence electrons. The fourth-order valence-electron chi connectivity index (χ4n) is 2.65. The summed E-state index contributed by atoms with van der Waals surface area (Å²) in [4.78, 5) is 25.3. The average Bonchev–Trinajstić information content (AvgIpc) is 3.06. The van der Waals surface area contributed by atoms with Crippen LogP contribution in [0.1, 0.15) is 30.0 Å². The van der Waals surface area contributed by atoms with Gasteiger partial charge in [0.1, 0.15) is 4.75 Å².